The van der Waals surface area contributed by atoms with Gasteiger partial charge in [0.25, 0.3) is 0 Å². The molecular formula is C20H23NO5S. The Morgan fingerprint density at radius 3 is 2.44 bits per heavy atom. The Balaban J connectivity index is 1.45. The SMILES string of the molecule is O=S(=O)(c1ccc2c(c1)OCCO2)N1CC[C@@H](Cc2ccc(CO)cc2)C1. The predicted molar refractivity (Wildman–Crippen MR) is 100 cm³/mol. The highest BCUT2D eigenvalue weighted by molar-refractivity contribution is 7.89. The highest BCUT2D eigenvalue weighted by Gasteiger charge is 2.33. The fourth-order valence-corrected chi connectivity index (χ4v) is 5.18. The topological polar surface area (TPSA) is 76.1 Å². The van der Waals surface area contributed by atoms with Gasteiger partial charge in [-0.1, -0.05) is 24.3 Å². The average Bonchev–Trinajstić information content (AvgIpc) is 3.17. The number of aliphatic hydroxyl groups is 1. The zero-order chi connectivity index (χ0) is 18.9. The van der Waals surface area contributed by atoms with Gasteiger partial charge in [-0.05, 0) is 42.0 Å². The van der Waals surface area contributed by atoms with Crippen LogP contribution in [0.3, 0.4) is 0 Å². The molecule has 0 saturated carbocycles. The molecule has 0 aromatic heterocycles. The quantitative estimate of drug-likeness (QED) is 0.849. The van der Waals surface area contributed by atoms with Gasteiger partial charge in [0.05, 0.1) is 11.5 Å². The summed E-state index contributed by atoms with van der Waals surface area (Å²) in [4.78, 5) is 0.250. The maximum absolute atomic E-state index is 13.0. The second-order valence-electron chi connectivity index (χ2n) is 7.00. The molecule has 0 aliphatic carbocycles. The minimum absolute atomic E-state index is 0.0330. The van der Waals surface area contributed by atoms with E-state index in [1.165, 1.54) is 0 Å². The van der Waals surface area contributed by atoms with Crippen molar-refractivity contribution in [3.8, 4) is 11.5 Å². The summed E-state index contributed by atoms with van der Waals surface area (Å²) in [6.45, 7) is 1.98. The molecule has 1 saturated heterocycles. The van der Waals surface area contributed by atoms with Gasteiger partial charge in [0, 0.05) is 19.2 Å². The van der Waals surface area contributed by atoms with E-state index < -0.39 is 10.0 Å². The van der Waals surface area contributed by atoms with Crippen LogP contribution in [0.15, 0.2) is 47.4 Å². The Kier molecular flexibility index (Phi) is 5.08. The molecule has 0 unspecified atom stereocenters. The second-order valence-corrected chi connectivity index (χ2v) is 8.94. The maximum atomic E-state index is 13.0. The molecule has 0 spiro atoms. The van der Waals surface area contributed by atoms with Gasteiger partial charge < -0.3 is 14.6 Å². The molecule has 0 radical (unpaired) electrons. The number of rotatable bonds is 5. The van der Waals surface area contributed by atoms with Crippen molar-refractivity contribution in [3.63, 3.8) is 0 Å². The van der Waals surface area contributed by atoms with Gasteiger partial charge in [-0.2, -0.15) is 4.31 Å². The fourth-order valence-electron chi connectivity index (χ4n) is 3.63. The molecule has 27 heavy (non-hydrogen) atoms. The molecule has 2 aliphatic rings. The molecule has 1 N–H and O–H groups in total. The van der Waals surface area contributed by atoms with E-state index in [4.69, 9.17) is 14.6 Å². The minimum atomic E-state index is -3.54. The van der Waals surface area contributed by atoms with Crippen molar-refractivity contribution in [1.29, 1.82) is 0 Å². The lowest BCUT2D eigenvalue weighted by Crippen LogP contribution is -2.29. The Hall–Kier alpha value is -2.09. The third kappa shape index (κ3) is 3.81. The molecule has 7 heteroatoms. The summed E-state index contributed by atoms with van der Waals surface area (Å²) < 4.78 is 38.6. The number of aliphatic hydroxyl groups excluding tert-OH is 1. The first-order valence-electron chi connectivity index (χ1n) is 9.15. The Morgan fingerprint density at radius 1 is 1.00 bits per heavy atom. The summed E-state index contributed by atoms with van der Waals surface area (Å²) in [5, 5.41) is 9.13. The third-order valence-corrected chi connectivity index (χ3v) is 6.99. The van der Waals surface area contributed by atoms with Crippen molar-refractivity contribution in [1.82, 2.24) is 4.31 Å². The van der Waals surface area contributed by atoms with Crippen LogP contribution >= 0.6 is 0 Å². The van der Waals surface area contributed by atoms with Gasteiger partial charge in [0.1, 0.15) is 13.2 Å². The van der Waals surface area contributed by atoms with Crippen LogP contribution in [0.4, 0.5) is 0 Å². The van der Waals surface area contributed by atoms with E-state index in [9.17, 15) is 8.42 Å². The molecule has 2 heterocycles. The summed E-state index contributed by atoms with van der Waals surface area (Å²) in [5.74, 6) is 1.37. The highest BCUT2D eigenvalue weighted by atomic mass is 32.2. The van der Waals surface area contributed by atoms with Crippen molar-refractivity contribution in [2.45, 2.75) is 24.3 Å². The van der Waals surface area contributed by atoms with Crippen molar-refractivity contribution < 1.29 is 23.0 Å². The van der Waals surface area contributed by atoms with Crippen LogP contribution in [0.1, 0.15) is 17.5 Å². The first-order valence-corrected chi connectivity index (χ1v) is 10.6. The molecule has 1 atom stereocenters. The van der Waals surface area contributed by atoms with Gasteiger partial charge in [0.15, 0.2) is 11.5 Å². The molecule has 1 fully saturated rings. The summed E-state index contributed by atoms with van der Waals surface area (Å²) in [5.41, 5.74) is 2.05. The minimum Gasteiger partial charge on any atom is -0.486 e. The van der Waals surface area contributed by atoms with Crippen molar-refractivity contribution in [2.75, 3.05) is 26.3 Å². The molecule has 0 bridgehead atoms. The molecule has 2 aliphatic heterocycles. The van der Waals surface area contributed by atoms with Crippen molar-refractivity contribution in [2.24, 2.45) is 5.92 Å². The van der Waals surface area contributed by atoms with Crippen LogP contribution in [0.2, 0.25) is 0 Å². The van der Waals surface area contributed by atoms with E-state index in [-0.39, 0.29) is 17.4 Å². The zero-order valence-electron chi connectivity index (χ0n) is 15.0. The lowest BCUT2D eigenvalue weighted by molar-refractivity contribution is 0.171. The largest absolute Gasteiger partial charge is 0.486 e. The van der Waals surface area contributed by atoms with Crippen LogP contribution in [0.5, 0.6) is 11.5 Å². The Bertz CT molecular complexity index is 910. The first-order chi connectivity index (χ1) is 13.1. The molecule has 2 aromatic carbocycles. The summed E-state index contributed by atoms with van der Waals surface area (Å²) in [6.07, 6.45) is 1.67. The highest BCUT2D eigenvalue weighted by Crippen LogP contribution is 2.34. The first kappa shape index (κ1) is 18.3. The maximum Gasteiger partial charge on any atom is 0.243 e. The smallest absolute Gasteiger partial charge is 0.243 e. The van der Waals surface area contributed by atoms with E-state index in [1.807, 2.05) is 24.3 Å². The summed E-state index contributed by atoms with van der Waals surface area (Å²) >= 11 is 0. The summed E-state index contributed by atoms with van der Waals surface area (Å²) in [6, 6.07) is 12.6. The van der Waals surface area contributed by atoms with Gasteiger partial charge in [-0.15, -0.1) is 0 Å². The molecule has 4 rings (SSSR count). The second kappa shape index (κ2) is 7.50. The van der Waals surface area contributed by atoms with Crippen molar-refractivity contribution >= 4 is 10.0 Å². The van der Waals surface area contributed by atoms with E-state index in [1.54, 1.807) is 22.5 Å². The molecule has 6 nitrogen and oxygen atoms in total. The molecule has 144 valence electrons. The number of hydrogen-bond donors (Lipinski definition) is 1. The van der Waals surface area contributed by atoms with Gasteiger partial charge >= 0.3 is 0 Å². The van der Waals surface area contributed by atoms with Crippen LogP contribution in [0.25, 0.3) is 0 Å². The third-order valence-electron chi connectivity index (χ3n) is 5.13. The molecule has 2 aromatic rings. The lowest BCUT2D eigenvalue weighted by atomic mass is 9.98. The van der Waals surface area contributed by atoms with Crippen LogP contribution in [-0.2, 0) is 23.1 Å². The number of fused-ring (bicyclic) bond motifs is 1. The van der Waals surface area contributed by atoms with Crippen LogP contribution < -0.4 is 9.47 Å². The monoisotopic (exact) mass is 389 g/mol. The van der Waals surface area contributed by atoms with E-state index >= 15 is 0 Å². The lowest BCUT2D eigenvalue weighted by Gasteiger charge is -2.21. The van der Waals surface area contributed by atoms with Crippen LogP contribution in [0, 0.1) is 5.92 Å². The predicted octanol–water partition coefficient (Wildman–Crippen LogP) is 2.20. The average molecular weight is 389 g/mol. The standard InChI is InChI=1S/C20H23NO5S/c22-14-16-3-1-15(2-4-16)11-17-7-8-21(13-17)27(23,24)18-5-6-19-20(12-18)26-10-9-25-19/h1-6,12,17,22H,7-11,13-14H2/t17-/m0/s1. The van der Waals surface area contributed by atoms with E-state index in [0.717, 1.165) is 24.0 Å². The number of benzene rings is 2. The number of ether oxygens (including phenoxy) is 2. The molecular weight excluding hydrogens is 366 g/mol. The normalized spacial score (nSPS) is 20.0. The van der Waals surface area contributed by atoms with E-state index in [0.29, 0.717) is 37.8 Å². The Labute approximate surface area is 159 Å². The van der Waals surface area contributed by atoms with Gasteiger partial charge in [-0.3, -0.25) is 0 Å². The van der Waals surface area contributed by atoms with Gasteiger partial charge in [-0.25, -0.2) is 8.42 Å². The van der Waals surface area contributed by atoms with E-state index in [2.05, 4.69) is 0 Å². The zero-order valence-corrected chi connectivity index (χ0v) is 15.8. The number of sulfonamides is 1. The van der Waals surface area contributed by atoms with Crippen molar-refractivity contribution in [3.05, 3.63) is 53.6 Å². The van der Waals surface area contributed by atoms with Gasteiger partial charge in [0.2, 0.25) is 10.0 Å². The summed E-state index contributed by atoms with van der Waals surface area (Å²) in [7, 11) is -3.54. The van der Waals surface area contributed by atoms with Crippen LogP contribution in [-0.4, -0.2) is 44.1 Å². The fraction of sp³-hybridized carbons (Fsp3) is 0.400. The number of hydrogen-bond acceptors (Lipinski definition) is 5. The number of nitrogens with zero attached hydrogens (tertiary/aromatic N) is 1. The molecule has 0 amide bonds. The Morgan fingerprint density at radius 2 is 1.70 bits per heavy atom.